The van der Waals surface area contributed by atoms with Gasteiger partial charge >= 0.3 is 5.97 Å². The molecule has 2 fully saturated rings. The van der Waals surface area contributed by atoms with Crippen molar-refractivity contribution in [1.29, 1.82) is 0 Å². The van der Waals surface area contributed by atoms with E-state index < -0.39 is 47.6 Å². The Morgan fingerprint density at radius 3 is 2.16 bits per heavy atom. The average Bonchev–Trinajstić information content (AvgIpc) is 3.78. The second-order valence-electron chi connectivity index (χ2n) is 16.1. The van der Waals surface area contributed by atoms with Gasteiger partial charge in [-0.05, 0) is 82.8 Å². The van der Waals surface area contributed by atoms with E-state index >= 15 is 0 Å². The maximum atomic E-state index is 14.3. The molecule has 3 rings (SSSR count). The molecule has 310 valence electrons. The first-order chi connectivity index (χ1) is 25.9. The topological polar surface area (TPSA) is 173 Å². The summed E-state index contributed by atoms with van der Waals surface area (Å²) < 4.78 is 17.0. The van der Waals surface area contributed by atoms with E-state index in [1.54, 1.807) is 43.2 Å². The first kappa shape index (κ1) is 45.8. The van der Waals surface area contributed by atoms with Crippen molar-refractivity contribution < 1.29 is 38.2 Å². The van der Waals surface area contributed by atoms with Gasteiger partial charge in [0, 0.05) is 38.9 Å². The molecule has 2 aliphatic rings. The third kappa shape index (κ3) is 11.0. The van der Waals surface area contributed by atoms with Crippen molar-refractivity contribution in [3.05, 3.63) is 29.8 Å². The van der Waals surface area contributed by atoms with Crippen LogP contribution in [0.2, 0.25) is 0 Å². The molecular formula is C41H68N6O8. The summed E-state index contributed by atoms with van der Waals surface area (Å²) in [4.78, 5) is 73.8. The Kier molecular flexibility index (Phi) is 17.1. The molecule has 14 nitrogen and oxygen atoms in total. The van der Waals surface area contributed by atoms with Crippen molar-refractivity contribution in [3.8, 4) is 0 Å². The molecule has 1 aromatic carbocycles. The predicted molar refractivity (Wildman–Crippen MR) is 212 cm³/mol. The second-order valence-corrected chi connectivity index (χ2v) is 16.1. The minimum Gasteiger partial charge on any atom is -0.467 e. The van der Waals surface area contributed by atoms with Crippen LogP contribution in [0.5, 0.6) is 0 Å². The molecule has 0 bridgehead atoms. The van der Waals surface area contributed by atoms with Crippen LogP contribution in [0, 0.1) is 17.8 Å². The number of nitrogens with one attached hydrogen (secondary N) is 2. The fourth-order valence-corrected chi connectivity index (χ4v) is 8.57. The van der Waals surface area contributed by atoms with Crippen molar-refractivity contribution in [2.24, 2.45) is 17.8 Å². The molecule has 0 saturated carbocycles. The monoisotopic (exact) mass is 773 g/mol. The molecule has 0 spiro atoms. The van der Waals surface area contributed by atoms with Gasteiger partial charge in [-0.1, -0.05) is 53.2 Å². The van der Waals surface area contributed by atoms with Crippen LogP contribution in [0.15, 0.2) is 24.3 Å². The molecule has 2 saturated heterocycles. The lowest BCUT2D eigenvalue weighted by Gasteiger charge is -2.43. The molecule has 0 unspecified atom stereocenters. The SMILES string of the molecule is CC[C@H](C)[C@@H]([C@@H](CC(=O)N1CCC[C@H]1[C@H](OC)[C@@H](C)C(=O)N[C@@H](Cc1ccc(N)cc1)C(=O)OC)OC)N(C)[C@H](C(=O)NC(=O)[C@]1(C)CCCN1C)C(C)C. The molecular weight excluding hydrogens is 704 g/mol. The number of hydrogen-bond donors (Lipinski definition) is 3. The average molecular weight is 773 g/mol. The molecule has 2 heterocycles. The van der Waals surface area contributed by atoms with Gasteiger partial charge in [-0.15, -0.1) is 0 Å². The molecule has 55 heavy (non-hydrogen) atoms. The highest BCUT2D eigenvalue weighted by Gasteiger charge is 2.46. The number of anilines is 1. The summed E-state index contributed by atoms with van der Waals surface area (Å²) >= 11 is 0. The van der Waals surface area contributed by atoms with Crippen molar-refractivity contribution >= 4 is 35.3 Å². The summed E-state index contributed by atoms with van der Waals surface area (Å²) in [6.07, 6.45) is 2.74. The number of ether oxygens (including phenoxy) is 3. The number of esters is 1. The molecule has 2 aliphatic heterocycles. The van der Waals surface area contributed by atoms with Crippen molar-refractivity contribution in [2.75, 3.05) is 54.2 Å². The molecule has 4 N–H and O–H groups in total. The number of imide groups is 1. The largest absolute Gasteiger partial charge is 0.467 e. The van der Waals surface area contributed by atoms with E-state index in [9.17, 15) is 24.0 Å². The summed E-state index contributed by atoms with van der Waals surface area (Å²) in [6.45, 7) is 13.0. The predicted octanol–water partition coefficient (Wildman–Crippen LogP) is 3.01. The zero-order valence-corrected chi connectivity index (χ0v) is 35.1. The first-order valence-electron chi connectivity index (χ1n) is 19.8. The molecule has 0 radical (unpaired) electrons. The number of carbonyl (C=O) groups is 5. The van der Waals surface area contributed by atoms with E-state index in [0.29, 0.717) is 25.1 Å². The number of rotatable bonds is 19. The Morgan fingerprint density at radius 2 is 1.64 bits per heavy atom. The Bertz CT molecular complexity index is 1460. The summed E-state index contributed by atoms with van der Waals surface area (Å²) in [5.74, 6) is -2.59. The van der Waals surface area contributed by atoms with Gasteiger partial charge < -0.3 is 30.2 Å². The van der Waals surface area contributed by atoms with E-state index in [1.807, 2.05) is 44.7 Å². The lowest BCUT2D eigenvalue weighted by molar-refractivity contribution is -0.147. The van der Waals surface area contributed by atoms with Gasteiger partial charge in [-0.2, -0.15) is 0 Å². The van der Waals surface area contributed by atoms with Gasteiger partial charge in [-0.25, -0.2) is 4.79 Å². The van der Waals surface area contributed by atoms with Crippen LogP contribution in [-0.2, 0) is 44.6 Å². The highest BCUT2D eigenvalue weighted by molar-refractivity contribution is 6.02. The third-order valence-corrected chi connectivity index (χ3v) is 12.2. The van der Waals surface area contributed by atoms with Gasteiger partial charge in [0.05, 0.1) is 49.3 Å². The Hall–Kier alpha value is -3.59. The molecule has 14 heteroatoms. The number of nitrogens with two attached hydrogens (primary N) is 1. The number of nitrogen functional groups attached to an aromatic ring is 1. The number of likely N-dealkylation sites (tertiary alicyclic amines) is 2. The Balaban J connectivity index is 1.78. The quantitative estimate of drug-likeness (QED) is 0.139. The number of benzene rings is 1. The van der Waals surface area contributed by atoms with E-state index in [-0.39, 0.29) is 54.5 Å². The van der Waals surface area contributed by atoms with Gasteiger partial charge in [0.15, 0.2) is 0 Å². The zero-order valence-electron chi connectivity index (χ0n) is 35.1. The number of hydrogen-bond acceptors (Lipinski definition) is 11. The third-order valence-electron chi connectivity index (χ3n) is 12.2. The summed E-state index contributed by atoms with van der Waals surface area (Å²) in [7, 11) is 8.17. The highest BCUT2D eigenvalue weighted by Crippen LogP contribution is 2.31. The normalized spacial score (nSPS) is 22.8. The number of amides is 4. The van der Waals surface area contributed by atoms with Crippen molar-refractivity contribution in [1.82, 2.24) is 25.3 Å². The number of likely N-dealkylation sites (N-methyl/N-ethyl adjacent to an activating group) is 2. The van der Waals surface area contributed by atoms with Crippen LogP contribution in [-0.4, -0.2) is 135 Å². The van der Waals surface area contributed by atoms with Crippen LogP contribution < -0.4 is 16.4 Å². The molecule has 4 amide bonds. The smallest absolute Gasteiger partial charge is 0.328 e. The van der Waals surface area contributed by atoms with Crippen LogP contribution in [0.3, 0.4) is 0 Å². The van der Waals surface area contributed by atoms with Crippen molar-refractivity contribution in [3.63, 3.8) is 0 Å². The van der Waals surface area contributed by atoms with E-state index in [2.05, 4.69) is 24.5 Å². The molecule has 0 aromatic heterocycles. The van der Waals surface area contributed by atoms with Gasteiger partial charge in [0.25, 0.3) is 0 Å². The lowest BCUT2D eigenvalue weighted by atomic mass is 9.87. The van der Waals surface area contributed by atoms with Gasteiger partial charge in [-0.3, -0.25) is 34.3 Å². The molecule has 9 atom stereocenters. The van der Waals surface area contributed by atoms with E-state index in [4.69, 9.17) is 19.9 Å². The van der Waals surface area contributed by atoms with Crippen LogP contribution in [0.1, 0.15) is 85.6 Å². The number of methoxy groups -OCH3 is 3. The summed E-state index contributed by atoms with van der Waals surface area (Å²) in [5, 5.41) is 5.59. The van der Waals surface area contributed by atoms with E-state index in [1.165, 1.54) is 14.2 Å². The lowest BCUT2D eigenvalue weighted by Crippen LogP contribution is -2.61. The molecule has 0 aliphatic carbocycles. The first-order valence-corrected chi connectivity index (χ1v) is 19.8. The van der Waals surface area contributed by atoms with Gasteiger partial charge in [0.1, 0.15) is 6.04 Å². The van der Waals surface area contributed by atoms with Crippen LogP contribution >= 0.6 is 0 Å². The van der Waals surface area contributed by atoms with Gasteiger partial charge in [0.2, 0.25) is 23.6 Å². The van der Waals surface area contributed by atoms with E-state index in [0.717, 1.165) is 31.4 Å². The standard InChI is InChI=1S/C41H68N6O8/c1-12-26(4)35(46(8)34(25(2)3)38(50)44-40(52)41(6)20-14-21-45(41)7)32(53-9)24-33(48)47-22-13-15-31(47)36(54-10)27(5)37(49)43-30(39(51)55-11)23-28-16-18-29(42)19-17-28/h16-19,25-27,30-32,34-36H,12-15,20-24,42H2,1-11H3,(H,43,49)(H,44,50,52)/t26-,27+,30-,31-,32+,34-,35-,36+,41-/m0/s1. The minimum absolute atomic E-state index is 0.0341. The summed E-state index contributed by atoms with van der Waals surface area (Å²) in [6, 6.07) is 4.75. The van der Waals surface area contributed by atoms with Crippen LogP contribution in [0.25, 0.3) is 0 Å². The van der Waals surface area contributed by atoms with Crippen molar-refractivity contribution in [2.45, 2.75) is 128 Å². The zero-order chi connectivity index (χ0) is 41.2. The number of nitrogens with zero attached hydrogens (tertiary/aromatic N) is 3. The fraction of sp³-hybridized carbons (Fsp3) is 0.732. The maximum absolute atomic E-state index is 14.3. The Labute approximate surface area is 328 Å². The Morgan fingerprint density at radius 1 is 0.982 bits per heavy atom. The minimum atomic E-state index is -0.929. The second kappa shape index (κ2) is 20.5. The fourth-order valence-electron chi connectivity index (χ4n) is 8.57. The van der Waals surface area contributed by atoms with Crippen LogP contribution in [0.4, 0.5) is 5.69 Å². The maximum Gasteiger partial charge on any atom is 0.328 e. The highest BCUT2D eigenvalue weighted by atomic mass is 16.5. The molecule has 1 aromatic rings. The summed E-state index contributed by atoms with van der Waals surface area (Å²) in [5.41, 5.74) is 6.47. The number of carbonyl (C=O) groups excluding carboxylic acids is 5.